The molecule has 5 nitrogen and oxygen atoms in total. The van der Waals surface area contributed by atoms with Gasteiger partial charge in [-0.1, -0.05) is 18.2 Å². The van der Waals surface area contributed by atoms with Gasteiger partial charge in [-0.2, -0.15) is 5.10 Å². The molecular formula is C17H23N5. The molecule has 1 saturated heterocycles. The van der Waals surface area contributed by atoms with Gasteiger partial charge in [-0.25, -0.2) is 4.99 Å². The molecule has 3 rings (SSSR count). The first kappa shape index (κ1) is 14.6. The van der Waals surface area contributed by atoms with E-state index in [2.05, 4.69) is 27.4 Å². The van der Waals surface area contributed by atoms with Gasteiger partial charge in [0.1, 0.15) is 0 Å². The van der Waals surface area contributed by atoms with Crippen LogP contribution in [0.1, 0.15) is 24.8 Å². The van der Waals surface area contributed by atoms with E-state index in [1.165, 1.54) is 19.3 Å². The minimum Gasteiger partial charge on any atom is -0.343 e. The summed E-state index contributed by atoms with van der Waals surface area (Å²) in [4.78, 5) is 7.16. The summed E-state index contributed by atoms with van der Waals surface area (Å²) in [7, 11) is 1.93. The van der Waals surface area contributed by atoms with Crippen molar-refractivity contribution in [2.24, 2.45) is 12.0 Å². The number of likely N-dealkylation sites (tertiary alicyclic amines) is 1. The number of aliphatic imine (C=N–C) groups is 1. The highest BCUT2D eigenvalue weighted by Gasteiger charge is 2.15. The highest BCUT2D eigenvalue weighted by atomic mass is 15.3. The summed E-state index contributed by atoms with van der Waals surface area (Å²) >= 11 is 0. The number of aryl methyl sites for hydroxylation is 1. The van der Waals surface area contributed by atoms with Gasteiger partial charge in [0.25, 0.3) is 0 Å². The fourth-order valence-electron chi connectivity index (χ4n) is 2.69. The molecule has 1 N–H and O–H groups in total. The van der Waals surface area contributed by atoms with E-state index in [0.29, 0.717) is 6.54 Å². The third kappa shape index (κ3) is 3.87. The zero-order chi connectivity index (χ0) is 15.2. The highest BCUT2D eigenvalue weighted by molar-refractivity contribution is 5.93. The molecule has 1 fully saturated rings. The molecule has 0 atom stereocenters. The summed E-state index contributed by atoms with van der Waals surface area (Å²) in [6.07, 6.45) is 7.68. The van der Waals surface area contributed by atoms with Crippen LogP contribution in [0.3, 0.4) is 0 Å². The number of guanidine groups is 1. The first-order valence-electron chi connectivity index (χ1n) is 7.90. The molecule has 2 heterocycles. The second-order valence-corrected chi connectivity index (χ2v) is 5.70. The third-order valence-corrected chi connectivity index (χ3v) is 3.86. The van der Waals surface area contributed by atoms with Crippen LogP contribution in [-0.2, 0) is 13.6 Å². The lowest BCUT2D eigenvalue weighted by atomic mass is 10.1. The number of benzene rings is 1. The Labute approximate surface area is 131 Å². The molecule has 0 bridgehead atoms. The van der Waals surface area contributed by atoms with Crippen LogP contribution < -0.4 is 5.32 Å². The number of nitrogens with one attached hydrogen (secondary N) is 1. The molecule has 0 aliphatic carbocycles. The summed E-state index contributed by atoms with van der Waals surface area (Å²) in [5.74, 6) is 0.967. The number of hydrogen-bond donors (Lipinski definition) is 1. The van der Waals surface area contributed by atoms with E-state index < -0.39 is 0 Å². The van der Waals surface area contributed by atoms with Gasteiger partial charge >= 0.3 is 0 Å². The fraction of sp³-hybridized carbons (Fsp3) is 0.412. The normalized spacial score (nSPS) is 15.9. The lowest BCUT2D eigenvalue weighted by molar-refractivity contribution is 0.340. The monoisotopic (exact) mass is 297 g/mol. The zero-order valence-corrected chi connectivity index (χ0v) is 13.1. The lowest BCUT2D eigenvalue weighted by Gasteiger charge is -2.30. The quantitative estimate of drug-likeness (QED) is 0.700. The molecule has 0 saturated carbocycles. The molecule has 22 heavy (non-hydrogen) atoms. The van der Waals surface area contributed by atoms with Crippen molar-refractivity contribution in [3.05, 3.63) is 48.3 Å². The first-order valence-corrected chi connectivity index (χ1v) is 7.90. The van der Waals surface area contributed by atoms with Crippen molar-refractivity contribution < 1.29 is 0 Å². The van der Waals surface area contributed by atoms with E-state index in [4.69, 9.17) is 4.99 Å². The Balaban J connectivity index is 1.75. The Morgan fingerprint density at radius 2 is 1.95 bits per heavy atom. The van der Waals surface area contributed by atoms with E-state index in [9.17, 15) is 0 Å². The van der Waals surface area contributed by atoms with Crippen molar-refractivity contribution in [3.63, 3.8) is 0 Å². The molecule has 1 aliphatic heterocycles. The number of nitrogens with zero attached hydrogens (tertiary/aromatic N) is 4. The van der Waals surface area contributed by atoms with E-state index in [1.807, 2.05) is 42.3 Å². The second-order valence-electron chi connectivity index (χ2n) is 5.70. The maximum atomic E-state index is 4.80. The lowest BCUT2D eigenvalue weighted by Crippen LogP contribution is -2.40. The molecule has 1 aromatic heterocycles. The van der Waals surface area contributed by atoms with Crippen molar-refractivity contribution >= 4 is 11.6 Å². The molecular weight excluding hydrogens is 274 g/mol. The van der Waals surface area contributed by atoms with Crippen LogP contribution >= 0.6 is 0 Å². The van der Waals surface area contributed by atoms with Crippen LogP contribution in [-0.4, -0.2) is 33.7 Å². The molecule has 5 heteroatoms. The van der Waals surface area contributed by atoms with Gasteiger partial charge in [-0.15, -0.1) is 0 Å². The Bertz CT molecular complexity index is 611. The molecule has 0 spiro atoms. The van der Waals surface area contributed by atoms with E-state index in [0.717, 1.165) is 30.3 Å². The largest absolute Gasteiger partial charge is 0.343 e. The molecule has 0 amide bonds. The Hall–Kier alpha value is -2.30. The molecule has 0 radical (unpaired) electrons. The van der Waals surface area contributed by atoms with Gasteiger partial charge in [0.05, 0.1) is 12.7 Å². The van der Waals surface area contributed by atoms with Gasteiger partial charge in [0.2, 0.25) is 0 Å². The topological polar surface area (TPSA) is 45.5 Å². The molecule has 0 unspecified atom stereocenters. The second kappa shape index (κ2) is 7.11. The maximum absolute atomic E-state index is 4.80. The van der Waals surface area contributed by atoms with Gasteiger partial charge < -0.3 is 10.2 Å². The zero-order valence-electron chi connectivity index (χ0n) is 13.1. The van der Waals surface area contributed by atoms with Crippen molar-refractivity contribution in [2.45, 2.75) is 25.8 Å². The molecule has 1 aromatic carbocycles. The van der Waals surface area contributed by atoms with Gasteiger partial charge in [0, 0.05) is 37.6 Å². The average molecular weight is 297 g/mol. The maximum Gasteiger partial charge on any atom is 0.198 e. The Kier molecular flexibility index (Phi) is 4.73. The smallest absolute Gasteiger partial charge is 0.198 e. The van der Waals surface area contributed by atoms with Gasteiger partial charge in [0.15, 0.2) is 5.96 Å². The summed E-state index contributed by atoms with van der Waals surface area (Å²) in [5, 5.41) is 7.68. The van der Waals surface area contributed by atoms with Crippen molar-refractivity contribution in [1.82, 2.24) is 14.7 Å². The minimum absolute atomic E-state index is 0.652. The highest BCUT2D eigenvalue weighted by Crippen LogP contribution is 2.13. The molecule has 2 aromatic rings. The number of hydrogen-bond acceptors (Lipinski definition) is 2. The van der Waals surface area contributed by atoms with Crippen LogP contribution in [0.5, 0.6) is 0 Å². The average Bonchev–Trinajstić information content (AvgIpc) is 2.99. The summed E-state index contributed by atoms with van der Waals surface area (Å²) < 4.78 is 1.82. The van der Waals surface area contributed by atoms with Crippen LogP contribution in [0.4, 0.5) is 5.69 Å². The van der Waals surface area contributed by atoms with Crippen molar-refractivity contribution in [1.29, 1.82) is 0 Å². The van der Waals surface area contributed by atoms with Crippen molar-refractivity contribution in [3.8, 4) is 0 Å². The summed E-state index contributed by atoms with van der Waals surface area (Å²) in [6, 6.07) is 10.3. The van der Waals surface area contributed by atoms with Crippen molar-refractivity contribution in [2.75, 3.05) is 18.4 Å². The molecule has 116 valence electrons. The van der Waals surface area contributed by atoms with Gasteiger partial charge in [-0.05, 0) is 31.4 Å². The predicted octanol–water partition coefficient (Wildman–Crippen LogP) is 2.87. The first-order chi connectivity index (χ1) is 10.8. The van der Waals surface area contributed by atoms with E-state index in [1.54, 1.807) is 0 Å². The number of para-hydroxylation sites is 1. The number of piperidine rings is 1. The third-order valence-electron chi connectivity index (χ3n) is 3.86. The predicted molar refractivity (Wildman–Crippen MR) is 89.8 cm³/mol. The van der Waals surface area contributed by atoms with Crippen LogP contribution in [0.25, 0.3) is 0 Å². The van der Waals surface area contributed by atoms with E-state index in [-0.39, 0.29) is 0 Å². The molecule has 1 aliphatic rings. The van der Waals surface area contributed by atoms with E-state index >= 15 is 0 Å². The van der Waals surface area contributed by atoms with Crippen LogP contribution in [0, 0.1) is 0 Å². The Morgan fingerprint density at radius 3 is 2.64 bits per heavy atom. The Morgan fingerprint density at radius 1 is 1.18 bits per heavy atom. The fourth-order valence-corrected chi connectivity index (χ4v) is 2.69. The number of aromatic nitrogens is 2. The SMILES string of the molecule is Cn1cc(CN=C(Nc2ccccc2)N2CCCCC2)cn1. The minimum atomic E-state index is 0.652. The number of anilines is 1. The number of rotatable bonds is 3. The standard InChI is InChI=1S/C17H23N5/c1-21-14-15(13-19-21)12-18-17(22-10-6-3-7-11-22)20-16-8-4-2-5-9-16/h2,4-5,8-9,13-14H,3,6-7,10-12H2,1H3,(H,18,20). The van der Waals surface area contributed by atoms with Crippen LogP contribution in [0.15, 0.2) is 47.7 Å². The van der Waals surface area contributed by atoms with Gasteiger partial charge in [-0.3, -0.25) is 4.68 Å². The summed E-state index contributed by atoms with van der Waals surface area (Å²) in [5.41, 5.74) is 2.21. The summed E-state index contributed by atoms with van der Waals surface area (Å²) in [6.45, 7) is 2.80. The van der Waals surface area contributed by atoms with Crippen LogP contribution in [0.2, 0.25) is 0 Å².